The van der Waals surface area contributed by atoms with Crippen LogP contribution < -0.4 is 5.32 Å². The van der Waals surface area contributed by atoms with Crippen molar-refractivity contribution in [2.24, 2.45) is 11.8 Å². The van der Waals surface area contributed by atoms with Crippen LogP contribution in [-0.2, 0) is 0 Å². The zero-order chi connectivity index (χ0) is 14.1. The van der Waals surface area contributed by atoms with Gasteiger partial charge in [-0.1, -0.05) is 0 Å². The lowest BCUT2D eigenvalue weighted by Crippen LogP contribution is -2.32. The summed E-state index contributed by atoms with van der Waals surface area (Å²) in [5.41, 5.74) is 1.14. The molecule has 0 aromatic heterocycles. The van der Waals surface area contributed by atoms with E-state index in [2.05, 4.69) is 5.32 Å². The molecule has 2 heterocycles. The van der Waals surface area contributed by atoms with Gasteiger partial charge in [-0.3, -0.25) is 4.79 Å². The molecule has 3 nitrogen and oxygen atoms in total. The molecule has 0 spiro atoms. The highest BCUT2D eigenvalue weighted by Gasteiger charge is 2.31. The Balaban J connectivity index is 0.00000161. The number of carbonyl (C=O) groups excluding carboxylic acids is 1. The Kier molecular flexibility index (Phi) is 5.22. The van der Waals surface area contributed by atoms with E-state index in [0.29, 0.717) is 23.0 Å². The maximum Gasteiger partial charge on any atom is 0.253 e. The monoisotopic (exact) mass is 312 g/mol. The number of hydrogen-bond acceptors (Lipinski definition) is 2. The van der Waals surface area contributed by atoms with E-state index in [1.165, 1.54) is 6.07 Å². The smallest absolute Gasteiger partial charge is 0.253 e. The van der Waals surface area contributed by atoms with E-state index in [0.717, 1.165) is 39.0 Å². The predicted molar refractivity (Wildman–Crippen MR) is 83.4 cm³/mol. The molecule has 21 heavy (non-hydrogen) atoms. The first-order valence-electron chi connectivity index (χ1n) is 7.41. The summed E-state index contributed by atoms with van der Waals surface area (Å²) in [6.07, 6.45) is 2.15. The summed E-state index contributed by atoms with van der Waals surface area (Å²) in [5, 5.41) is 3.44. The van der Waals surface area contributed by atoms with Gasteiger partial charge in [-0.05, 0) is 68.5 Å². The zero-order valence-electron chi connectivity index (χ0n) is 12.3. The summed E-state index contributed by atoms with van der Waals surface area (Å²) in [4.78, 5) is 14.5. The Labute approximate surface area is 131 Å². The van der Waals surface area contributed by atoms with Crippen molar-refractivity contribution < 1.29 is 9.18 Å². The standard InChI is InChI=1S/C16H21FN2O.ClH/c1-11-8-12(2-3-15(11)17)16(20)19-6-4-13-9-18-10-14(13)5-7-19;/h2-3,8,13-14,18H,4-7,9-10H2,1H3;1H/t13-,14+;. The Morgan fingerprint density at radius 1 is 1.24 bits per heavy atom. The van der Waals surface area contributed by atoms with Crippen molar-refractivity contribution in [1.82, 2.24) is 10.2 Å². The molecular formula is C16H22ClFN2O. The summed E-state index contributed by atoms with van der Waals surface area (Å²) in [6, 6.07) is 4.64. The third kappa shape index (κ3) is 3.38. The fraction of sp³-hybridized carbons (Fsp3) is 0.562. The van der Waals surface area contributed by atoms with Crippen molar-refractivity contribution >= 4 is 18.3 Å². The van der Waals surface area contributed by atoms with Gasteiger partial charge in [-0.15, -0.1) is 12.4 Å². The number of benzene rings is 1. The summed E-state index contributed by atoms with van der Waals surface area (Å²) in [7, 11) is 0. The van der Waals surface area contributed by atoms with Gasteiger partial charge in [0.1, 0.15) is 5.82 Å². The molecule has 3 rings (SSSR count). The fourth-order valence-electron chi connectivity index (χ4n) is 3.38. The molecule has 1 aromatic rings. The van der Waals surface area contributed by atoms with Crippen LogP contribution in [0.15, 0.2) is 18.2 Å². The van der Waals surface area contributed by atoms with Crippen LogP contribution >= 0.6 is 12.4 Å². The molecule has 0 bridgehead atoms. The second-order valence-corrected chi connectivity index (χ2v) is 6.01. The molecule has 0 radical (unpaired) electrons. The SMILES string of the molecule is Cc1cc(C(=O)N2CC[C@@H]3CNC[C@@H]3CC2)ccc1F.Cl. The van der Waals surface area contributed by atoms with Crippen LogP contribution in [0.5, 0.6) is 0 Å². The lowest BCUT2D eigenvalue weighted by atomic mass is 9.92. The number of aryl methyl sites for hydroxylation is 1. The number of fused-ring (bicyclic) bond motifs is 1. The fourth-order valence-corrected chi connectivity index (χ4v) is 3.38. The summed E-state index contributed by atoms with van der Waals surface area (Å²) in [5.74, 6) is 1.21. The molecule has 2 saturated heterocycles. The van der Waals surface area contributed by atoms with Gasteiger partial charge in [-0.2, -0.15) is 0 Å². The first-order valence-corrected chi connectivity index (χ1v) is 7.41. The lowest BCUT2D eigenvalue weighted by molar-refractivity contribution is 0.0758. The second kappa shape index (κ2) is 6.75. The second-order valence-electron chi connectivity index (χ2n) is 6.01. The van der Waals surface area contributed by atoms with E-state index in [9.17, 15) is 9.18 Å². The molecule has 1 amide bonds. The molecule has 2 fully saturated rings. The highest BCUT2D eigenvalue weighted by atomic mass is 35.5. The summed E-state index contributed by atoms with van der Waals surface area (Å²) in [6.45, 7) is 5.51. The van der Waals surface area contributed by atoms with Crippen molar-refractivity contribution in [3.05, 3.63) is 35.1 Å². The van der Waals surface area contributed by atoms with Crippen molar-refractivity contribution in [3.63, 3.8) is 0 Å². The van der Waals surface area contributed by atoms with Crippen LogP contribution in [0, 0.1) is 24.6 Å². The number of nitrogens with one attached hydrogen (secondary N) is 1. The van der Waals surface area contributed by atoms with Crippen molar-refractivity contribution in [2.45, 2.75) is 19.8 Å². The van der Waals surface area contributed by atoms with Gasteiger partial charge in [0.2, 0.25) is 0 Å². The normalized spacial score (nSPS) is 25.0. The van der Waals surface area contributed by atoms with Gasteiger partial charge in [-0.25, -0.2) is 4.39 Å². The summed E-state index contributed by atoms with van der Waals surface area (Å²) >= 11 is 0. The number of hydrogen-bond donors (Lipinski definition) is 1. The molecule has 1 N–H and O–H groups in total. The maximum absolute atomic E-state index is 13.3. The summed E-state index contributed by atoms with van der Waals surface area (Å²) < 4.78 is 13.3. The highest BCUT2D eigenvalue weighted by molar-refractivity contribution is 5.94. The van der Waals surface area contributed by atoms with Crippen molar-refractivity contribution in [1.29, 1.82) is 0 Å². The van der Waals surface area contributed by atoms with Crippen LogP contribution in [0.4, 0.5) is 4.39 Å². The minimum atomic E-state index is -0.252. The van der Waals surface area contributed by atoms with Crippen LogP contribution in [0.2, 0.25) is 0 Å². The average molecular weight is 313 g/mol. The number of amides is 1. The number of halogens is 2. The molecule has 0 saturated carbocycles. The van der Waals surface area contributed by atoms with E-state index >= 15 is 0 Å². The van der Waals surface area contributed by atoms with Gasteiger partial charge in [0.05, 0.1) is 0 Å². The molecule has 5 heteroatoms. The van der Waals surface area contributed by atoms with Gasteiger partial charge < -0.3 is 10.2 Å². The maximum atomic E-state index is 13.3. The van der Waals surface area contributed by atoms with E-state index in [4.69, 9.17) is 0 Å². The van der Waals surface area contributed by atoms with Crippen LogP contribution in [0.3, 0.4) is 0 Å². The lowest BCUT2D eigenvalue weighted by Gasteiger charge is -2.21. The quantitative estimate of drug-likeness (QED) is 0.864. The van der Waals surface area contributed by atoms with Gasteiger partial charge in [0, 0.05) is 18.7 Å². The van der Waals surface area contributed by atoms with E-state index in [-0.39, 0.29) is 24.1 Å². The molecule has 0 aliphatic carbocycles. The number of nitrogens with zero attached hydrogens (tertiary/aromatic N) is 1. The topological polar surface area (TPSA) is 32.3 Å². The van der Waals surface area contributed by atoms with Crippen molar-refractivity contribution in [3.8, 4) is 0 Å². The van der Waals surface area contributed by atoms with Crippen LogP contribution in [0.1, 0.15) is 28.8 Å². The number of likely N-dealkylation sites (tertiary alicyclic amines) is 1. The zero-order valence-corrected chi connectivity index (χ0v) is 13.1. The Hall–Kier alpha value is -1.13. The number of rotatable bonds is 1. The minimum absolute atomic E-state index is 0. The molecule has 2 aliphatic heterocycles. The molecule has 1 aromatic carbocycles. The Bertz CT molecular complexity index is 509. The van der Waals surface area contributed by atoms with E-state index in [1.807, 2.05) is 4.90 Å². The van der Waals surface area contributed by atoms with E-state index in [1.54, 1.807) is 19.1 Å². The van der Waals surface area contributed by atoms with Crippen LogP contribution in [0.25, 0.3) is 0 Å². The first kappa shape index (κ1) is 16.2. The largest absolute Gasteiger partial charge is 0.339 e. The Morgan fingerprint density at radius 2 is 1.86 bits per heavy atom. The first-order chi connectivity index (χ1) is 9.65. The number of carbonyl (C=O) groups is 1. The third-order valence-corrected chi connectivity index (χ3v) is 4.71. The van der Waals surface area contributed by atoms with Gasteiger partial charge in [0.25, 0.3) is 5.91 Å². The molecular weight excluding hydrogens is 291 g/mol. The van der Waals surface area contributed by atoms with Gasteiger partial charge in [0.15, 0.2) is 0 Å². The molecule has 2 aliphatic rings. The molecule has 2 atom stereocenters. The van der Waals surface area contributed by atoms with Crippen LogP contribution in [-0.4, -0.2) is 37.0 Å². The van der Waals surface area contributed by atoms with E-state index < -0.39 is 0 Å². The molecule has 0 unspecified atom stereocenters. The minimum Gasteiger partial charge on any atom is -0.339 e. The predicted octanol–water partition coefficient (Wildman–Crippen LogP) is 2.63. The highest BCUT2D eigenvalue weighted by Crippen LogP contribution is 2.27. The molecule has 116 valence electrons. The van der Waals surface area contributed by atoms with Crippen molar-refractivity contribution in [2.75, 3.05) is 26.2 Å². The Morgan fingerprint density at radius 3 is 2.43 bits per heavy atom. The third-order valence-electron chi connectivity index (χ3n) is 4.71. The van der Waals surface area contributed by atoms with Gasteiger partial charge >= 0.3 is 0 Å². The average Bonchev–Trinajstić information content (AvgIpc) is 2.80.